The molecule has 0 aliphatic rings. The molecular formula is C11H14N2O6. The van der Waals surface area contributed by atoms with E-state index in [0.717, 1.165) is 0 Å². The van der Waals surface area contributed by atoms with E-state index in [1.165, 1.54) is 19.2 Å². The van der Waals surface area contributed by atoms with Crippen LogP contribution in [0.25, 0.3) is 0 Å². The van der Waals surface area contributed by atoms with Gasteiger partial charge in [0.2, 0.25) is 0 Å². The first-order valence-electron chi connectivity index (χ1n) is 5.40. The van der Waals surface area contributed by atoms with Gasteiger partial charge >= 0.3 is 5.97 Å². The Morgan fingerprint density at radius 1 is 1.53 bits per heavy atom. The normalized spacial score (nSPS) is 9.95. The van der Waals surface area contributed by atoms with Crippen molar-refractivity contribution in [3.05, 3.63) is 28.3 Å². The van der Waals surface area contributed by atoms with Crippen LogP contribution in [0.15, 0.2) is 18.2 Å². The Morgan fingerprint density at radius 2 is 2.26 bits per heavy atom. The molecule has 0 fully saturated rings. The number of ether oxygens (including phenoxy) is 2. The first-order chi connectivity index (χ1) is 9.04. The average molecular weight is 270 g/mol. The van der Waals surface area contributed by atoms with E-state index in [4.69, 9.17) is 14.6 Å². The predicted octanol–water partition coefficient (Wildman–Crippen LogP) is 1.12. The minimum atomic E-state index is -1.06. The first-order valence-corrected chi connectivity index (χ1v) is 5.40. The SMILES string of the molecule is COc1ccc(NCCOCC(=O)O)c([N+](=O)[O-])c1. The van der Waals surface area contributed by atoms with E-state index < -0.39 is 17.5 Å². The van der Waals surface area contributed by atoms with Gasteiger partial charge in [-0.15, -0.1) is 0 Å². The summed E-state index contributed by atoms with van der Waals surface area (Å²) in [6.45, 7) is 0.00230. The maximum absolute atomic E-state index is 10.9. The minimum absolute atomic E-state index is 0.113. The van der Waals surface area contributed by atoms with Gasteiger partial charge in [-0.25, -0.2) is 4.79 Å². The zero-order chi connectivity index (χ0) is 14.3. The molecule has 0 spiro atoms. The molecule has 0 aliphatic heterocycles. The van der Waals surface area contributed by atoms with Crippen molar-refractivity contribution in [3.8, 4) is 5.75 Å². The molecule has 0 aromatic heterocycles. The zero-order valence-electron chi connectivity index (χ0n) is 10.3. The lowest BCUT2D eigenvalue weighted by Gasteiger charge is -2.08. The number of nitro benzene ring substituents is 1. The van der Waals surface area contributed by atoms with E-state index in [1.54, 1.807) is 6.07 Å². The number of nitrogens with one attached hydrogen (secondary N) is 1. The van der Waals surface area contributed by atoms with Crippen molar-refractivity contribution < 1.29 is 24.3 Å². The summed E-state index contributed by atoms with van der Waals surface area (Å²) in [6, 6.07) is 4.42. The second-order valence-corrected chi connectivity index (χ2v) is 3.51. The summed E-state index contributed by atoms with van der Waals surface area (Å²) in [6.07, 6.45) is 0. The van der Waals surface area contributed by atoms with E-state index in [1.807, 2.05) is 0 Å². The lowest BCUT2D eigenvalue weighted by Crippen LogP contribution is -2.14. The third kappa shape index (κ3) is 4.80. The number of carboxylic acids is 1. The van der Waals surface area contributed by atoms with Crippen LogP contribution < -0.4 is 10.1 Å². The summed E-state index contributed by atoms with van der Waals surface area (Å²) in [7, 11) is 1.42. The molecule has 1 aromatic rings. The Kier molecular flexibility index (Phi) is 5.55. The van der Waals surface area contributed by atoms with Gasteiger partial charge in [0, 0.05) is 6.54 Å². The molecular weight excluding hydrogens is 256 g/mol. The number of aliphatic carboxylic acids is 1. The van der Waals surface area contributed by atoms with E-state index >= 15 is 0 Å². The fraction of sp³-hybridized carbons (Fsp3) is 0.364. The van der Waals surface area contributed by atoms with Crippen LogP contribution >= 0.6 is 0 Å². The van der Waals surface area contributed by atoms with E-state index in [9.17, 15) is 14.9 Å². The van der Waals surface area contributed by atoms with Crippen molar-refractivity contribution >= 4 is 17.3 Å². The highest BCUT2D eigenvalue weighted by Gasteiger charge is 2.14. The molecule has 2 N–H and O–H groups in total. The molecule has 0 aliphatic carbocycles. The van der Waals surface area contributed by atoms with Crippen LogP contribution in [0.2, 0.25) is 0 Å². The standard InChI is InChI=1S/C11H14N2O6/c1-18-8-2-3-9(10(6-8)13(16)17)12-4-5-19-7-11(14)15/h2-3,6,12H,4-5,7H2,1H3,(H,14,15). The Hall–Kier alpha value is -2.35. The predicted molar refractivity (Wildman–Crippen MR) is 66.6 cm³/mol. The Labute approximate surface area is 109 Å². The topological polar surface area (TPSA) is 111 Å². The van der Waals surface area contributed by atoms with Gasteiger partial charge in [-0.1, -0.05) is 0 Å². The molecule has 1 rings (SSSR count). The summed E-state index contributed by atoms with van der Waals surface area (Å²) in [4.78, 5) is 20.5. The Morgan fingerprint density at radius 3 is 2.84 bits per heavy atom. The van der Waals surface area contributed by atoms with E-state index in [0.29, 0.717) is 11.4 Å². The summed E-state index contributed by atoms with van der Waals surface area (Å²) >= 11 is 0. The number of carboxylic acid groups (broad SMARTS) is 1. The number of benzene rings is 1. The first kappa shape index (κ1) is 14.7. The number of nitro groups is 1. The lowest BCUT2D eigenvalue weighted by molar-refractivity contribution is -0.384. The Balaban J connectivity index is 2.57. The second-order valence-electron chi connectivity index (χ2n) is 3.51. The fourth-order valence-corrected chi connectivity index (χ4v) is 1.36. The molecule has 1 aromatic carbocycles. The molecule has 0 heterocycles. The number of nitrogens with zero attached hydrogens (tertiary/aromatic N) is 1. The smallest absolute Gasteiger partial charge is 0.329 e. The van der Waals surface area contributed by atoms with Gasteiger partial charge in [0.15, 0.2) is 0 Å². The number of carbonyl (C=O) groups is 1. The van der Waals surface area contributed by atoms with Crippen LogP contribution in [-0.2, 0) is 9.53 Å². The second kappa shape index (κ2) is 7.17. The van der Waals surface area contributed by atoms with Gasteiger partial charge in [0.25, 0.3) is 5.69 Å². The van der Waals surface area contributed by atoms with Crippen molar-refractivity contribution in [2.45, 2.75) is 0 Å². The molecule has 0 bridgehead atoms. The number of rotatable bonds is 8. The third-order valence-corrected chi connectivity index (χ3v) is 2.19. The van der Waals surface area contributed by atoms with Crippen molar-refractivity contribution in [1.82, 2.24) is 0 Å². The molecule has 104 valence electrons. The van der Waals surface area contributed by atoms with Crippen molar-refractivity contribution in [2.75, 3.05) is 32.2 Å². The molecule has 0 saturated heterocycles. The van der Waals surface area contributed by atoms with Crippen LogP contribution in [0.5, 0.6) is 5.75 Å². The highest BCUT2D eigenvalue weighted by molar-refractivity contribution is 5.68. The third-order valence-electron chi connectivity index (χ3n) is 2.19. The van der Waals surface area contributed by atoms with Crippen LogP contribution in [0, 0.1) is 10.1 Å². The van der Waals surface area contributed by atoms with Crippen molar-refractivity contribution in [2.24, 2.45) is 0 Å². The molecule has 0 amide bonds. The van der Waals surface area contributed by atoms with Crippen LogP contribution in [0.4, 0.5) is 11.4 Å². The molecule has 8 heteroatoms. The fourth-order valence-electron chi connectivity index (χ4n) is 1.36. The zero-order valence-corrected chi connectivity index (χ0v) is 10.3. The van der Waals surface area contributed by atoms with Crippen LogP contribution in [-0.4, -0.2) is 42.9 Å². The number of hydrogen-bond acceptors (Lipinski definition) is 6. The lowest BCUT2D eigenvalue weighted by atomic mass is 10.2. The van der Waals surface area contributed by atoms with Gasteiger partial charge in [-0.3, -0.25) is 10.1 Å². The monoisotopic (exact) mass is 270 g/mol. The van der Waals surface area contributed by atoms with Crippen LogP contribution in [0.1, 0.15) is 0 Å². The highest BCUT2D eigenvalue weighted by Crippen LogP contribution is 2.28. The largest absolute Gasteiger partial charge is 0.496 e. The van der Waals surface area contributed by atoms with Gasteiger partial charge < -0.3 is 19.9 Å². The van der Waals surface area contributed by atoms with Gasteiger partial charge in [-0.2, -0.15) is 0 Å². The molecule has 0 unspecified atom stereocenters. The average Bonchev–Trinajstić information content (AvgIpc) is 2.38. The van der Waals surface area contributed by atoms with Gasteiger partial charge in [0.05, 0.1) is 24.7 Å². The number of hydrogen-bond donors (Lipinski definition) is 2. The molecule has 0 atom stereocenters. The Bertz CT molecular complexity index is 462. The van der Waals surface area contributed by atoms with Crippen LogP contribution in [0.3, 0.4) is 0 Å². The van der Waals surface area contributed by atoms with E-state index in [2.05, 4.69) is 5.32 Å². The van der Waals surface area contributed by atoms with Crippen molar-refractivity contribution in [1.29, 1.82) is 0 Å². The minimum Gasteiger partial charge on any atom is -0.496 e. The summed E-state index contributed by atoms with van der Waals surface area (Å²) in [5.41, 5.74) is 0.210. The van der Waals surface area contributed by atoms with Gasteiger partial charge in [0.1, 0.15) is 18.0 Å². The summed E-state index contributed by atoms with van der Waals surface area (Å²) < 4.78 is 9.71. The molecule has 0 radical (unpaired) electrons. The maximum atomic E-state index is 10.9. The van der Waals surface area contributed by atoms with E-state index in [-0.39, 0.29) is 18.8 Å². The number of anilines is 1. The molecule has 0 saturated carbocycles. The summed E-state index contributed by atoms with van der Waals surface area (Å²) in [5.74, 6) is -0.671. The quantitative estimate of drug-likeness (QED) is 0.413. The van der Waals surface area contributed by atoms with Crippen molar-refractivity contribution in [3.63, 3.8) is 0 Å². The van der Waals surface area contributed by atoms with Gasteiger partial charge in [-0.05, 0) is 12.1 Å². The maximum Gasteiger partial charge on any atom is 0.329 e. The summed E-state index contributed by atoms with van der Waals surface area (Å²) in [5, 5.41) is 22.0. The number of methoxy groups -OCH3 is 1. The molecule has 8 nitrogen and oxygen atoms in total. The highest BCUT2D eigenvalue weighted by atomic mass is 16.6. The molecule has 19 heavy (non-hydrogen) atoms.